The predicted octanol–water partition coefficient (Wildman–Crippen LogP) is 3.51. The Hall–Kier alpha value is -1.20. The SMILES string of the molecule is Cc1nc(-c2ccc(Br)cc2)sc1CC(=O)O. The van der Waals surface area contributed by atoms with E-state index in [9.17, 15) is 4.79 Å². The maximum atomic E-state index is 10.7. The van der Waals surface area contributed by atoms with Crippen molar-refractivity contribution in [2.45, 2.75) is 13.3 Å². The zero-order chi connectivity index (χ0) is 12.4. The molecule has 1 aromatic carbocycles. The minimum absolute atomic E-state index is 0.0417. The third-order valence-corrected chi connectivity index (χ3v) is 4.03. The van der Waals surface area contributed by atoms with Crippen molar-refractivity contribution in [3.63, 3.8) is 0 Å². The molecule has 88 valence electrons. The normalized spacial score (nSPS) is 10.5. The molecule has 2 aromatic rings. The summed E-state index contributed by atoms with van der Waals surface area (Å²) in [6, 6.07) is 7.83. The fourth-order valence-corrected chi connectivity index (χ4v) is 2.77. The molecule has 5 heteroatoms. The molecule has 0 unspecified atom stereocenters. The average Bonchev–Trinajstić information content (AvgIpc) is 2.60. The Labute approximate surface area is 111 Å². The number of rotatable bonds is 3. The van der Waals surface area contributed by atoms with Crippen LogP contribution < -0.4 is 0 Å². The van der Waals surface area contributed by atoms with E-state index in [1.807, 2.05) is 31.2 Å². The maximum absolute atomic E-state index is 10.7. The van der Waals surface area contributed by atoms with Crippen molar-refractivity contribution in [3.05, 3.63) is 39.3 Å². The first kappa shape index (κ1) is 12.3. The Bertz CT molecular complexity index is 548. The number of hydrogen-bond acceptors (Lipinski definition) is 3. The van der Waals surface area contributed by atoms with Gasteiger partial charge in [0.1, 0.15) is 5.01 Å². The Kier molecular flexibility index (Phi) is 3.59. The van der Waals surface area contributed by atoms with Gasteiger partial charge in [0.25, 0.3) is 0 Å². The summed E-state index contributed by atoms with van der Waals surface area (Å²) < 4.78 is 1.01. The van der Waals surface area contributed by atoms with Crippen LogP contribution in [0.3, 0.4) is 0 Å². The summed E-state index contributed by atoms with van der Waals surface area (Å²) in [5, 5.41) is 9.65. The lowest BCUT2D eigenvalue weighted by atomic mass is 10.2. The summed E-state index contributed by atoms with van der Waals surface area (Å²) in [6.45, 7) is 1.84. The summed E-state index contributed by atoms with van der Waals surface area (Å²) in [5.74, 6) is -0.820. The van der Waals surface area contributed by atoms with Crippen LogP contribution in [-0.4, -0.2) is 16.1 Å². The Balaban J connectivity index is 2.34. The lowest BCUT2D eigenvalue weighted by Crippen LogP contribution is -1.99. The number of aryl methyl sites for hydroxylation is 1. The standard InChI is InChI=1S/C12H10BrNO2S/c1-7-10(6-11(15)16)17-12(14-7)8-2-4-9(13)5-3-8/h2-5H,6H2,1H3,(H,15,16). The molecule has 0 fully saturated rings. The molecule has 0 bridgehead atoms. The molecule has 1 N–H and O–H groups in total. The molecule has 0 amide bonds. The van der Waals surface area contributed by atoms with Crippen LogP contribution >= 0.6 is 27.3 Å². The van der Waals surface area contributed by atoms with Crippen molar-refractivity contribution in [3.8, 4) is 10.6 Å². The van der Waals surface area contributed by atoms with Gasteiger partial charge in [0, 0.05) is 14.9 Å². The molecule has 0 atom stereocenters. The molecule has 1 aromatic heterocycles. The van der Waals surface area contributed by atoms with Gasteiger partial charge in [-0.1, -0.05) is 28.1 Å². The average molecular weight is 312 g/mol. The lowest BCUT2D eigenvalue weighted by molar-refractivity contribution is -0.136. The van der Waals surface area contributed by atoms with Gasteiger partial charge >= 0.3 is 5.97 Å². The first-order valence-corrected chi connectivity index (χ1v) is 6.61. The molecule has 0 saturated heterocycles. The molecule has 0 spiro atoms. The van der Waals surface area contributed by atoms with E-state index in [1.54, 1.807) is 0 Å². The number of halogens is 1. The second kappa shape index (κ2) is 4.98. The second-order valence-corrected chi connectivity index (χ2v) is 5.60. The van der Waals surface area contributed by atoms with Crippen LogP contribution in [0.2, 0.25) is 0 Å². The van der Waals surface area contributed by atoms with Crippen molar-refractivity contribution in [2.24, 2.45) is 0 Å². The Morgan fingerprint density at radius 3 is 2.65 bits per heavy atom. The first-order chi connectivity index (χ1) is 8.06. The summed E-state index contributed by atoms with van der Waals surface area (Å²) in [5.41, 5.74) is 1.81. The third kappa shape index (κ3) is 2.92. The molecule has 0 saturated carbocycles. The highest BCUT2D eigenvalue weighted by molar-refractivity contribution is 9.10. The topological polar surface area (TPSA) is 50.2 Å². The summed E-state index contributed by atoms with van der Waals surface area (Å²) in [7, 11) is 0. The summed E-state index contributed by atoms with van der Waals surface area (Å²) >= 11 is 4.82. The van der Waals surface area contributed by atoms with Crippen LogP contribution in [0, 0.1) is 6.92 Å². The maximum Gasteiger partial charge on any atom is 0.308 e. The van der Waals surface area contributed by atoms with Gasteiger partial charge in [-0.15, -0.1) is 11.3 Å². The Morgan fingerprint density at radius 1 is 1.41 bits per heavy atom. The number of benzene rings is 1. The molecule has 0 radical (unpaired) electrons. The zero-order valence-corrected chi connectivity index (χ0v) is 11.5. The van der Waals surface area contributed by atoms with E-state index in [2.05, 4.69) is 20.9 Å². The molecule has 1 heterocycles. The van der Waals surface area contributed by atoms with Gasteiger partial charge in [-0.2, -0.15) is 0 Å². The second-order valence-electron chi connectivity index (χ2n) is 3.61. The molecule has 17 heavy (non-hydrogen) atoms. The highest BCUT2D eigenvalue weighted by Gasteiger charge is 2.11. The minimum atomic E-state index is -0.820. The summed E-state index contributed by atoms with van der Waals surface area (Å²) in [4.78, 5) is 15.9. The van der Waals surface area contributed by atoms with Gasteiger partial charge in [-0.25, -0.2) is 4.98 Å². The zero-order valence-electron chi connectivity index (χ0n) is 9.11. The fraction of sp³-hybridized carbons (Fsp3) is 0.167. The van der Waals surface area contributed by atoms with Crippen molar-refractivity contribution in [1.82, 2.24) is 4.98 Å². The fourth-order valence-electron chi connectivity index (χ4n) is 1.45. The van der Waals surface area contributed by atoms with Gasteiger partial charge in [-0.05, 0) is 19.1 Å². The molecular weight excluding hydrogens is 302 g/mol. The van der Waals surface area contributed by atoms with Crippen LogP contribution in [0.5, 0.6) is 0 Å². The van der Waals surface area contributed by atoms with E-state index in [0.29, 0.717) is 0 Å². The van der Waals surface area contributed by atoms with Crippen LogP contribution in [-0.2, 0) is 11.2 Å². The van der Waals surface area contributed by atoms with Crippen molar-refractivity contribution in [1.29, 1.82) is 0 Å². The number of nitrogens with zero attached hydrogens (tertiary/aromatic N) is 1. The smallest absolute Gasteiger partial charge is 0.308 e. The van der Waals surface area contributed by atoms with Crippen LogP contribution in [0.4, 0.5) is 0 Å². The lowest BCUT2D eigenvalue weighted by Gasteiger charge is -1.95. The van der Waals surface area contributed by atoms with Crippen molar-refractivity contribution < 1.29 is 9.90 Å². The van der Waals surface area contributed by atoms with E-state index in [4.69, 9.17) is 5.11 Å². The number of carbonyl (C=O) groups is 1. The van der Waals surface area contributed by atoms with E-state index in [-0.39, 0.29) is 6.42 Å². The van der Waals surface area contributed by atoms with Crippen molar-refractivity contribution in [2.75, 3.05) is 0 Å². The Morgan fingerprint density at radius 2 is 2.06 bits per heavy atom. The first-order valence-electron chi connectivity index (χ1n) is 5.00. The van der Waals surface area contributed by atoms with Crippen LogP contribution in [0.1, 0.15) is 10.6 Å². The minimum Gasteiger partial charge on any atom is -0.481 e. The number of aliphatic carboxylic acids is 1. The van der Waals surface area contributed by atoms with Crippen LogP contribution in [0.15, 0.2) is 28.7 Å². The van der Waals surface area contributed by atoms with Gasteiger partial charge in [0.15, 0.2) is 0 Å². The highest BCUT2D eigenvalue weighted by Crippen LogP contribution is 2.29. The van der Waals surface area contributed by atoms with Gasteiger partial charge in [-0.3, -0.25) is 4.79 Å². The van der Waals surface area contributed by atoms with E-state index >= 15 is 0 Å². The number of carboxylic acids is 1. The third-order valence-electron chi connectivity index (χ3n) is 2.30. The quantitative estimate of drug-likeness (QED) is 0.943. The van der Waals surface area contributed by atoms with Crippen molar-refractivity contribution >= 4 is 33.2 Å². The molecular formula is C12H10BrNO2S. The number of carboxylic acid groups (broad SMARTS) is 1. The molecule has 2 rings (SSSR count). The molecule has 0 aliphatic carbocycles. The number of hydrogen-bond donors (Lipinski definition) is 1. The largest absolute Gasteiger partial charge is 0.481 e. The van der Waals surface area contributed by atoms with Gasteiger partial charge in [0.2, 0.25) is 0 Å². The number of thiazole rings is 1. The van der Waals surface area contributed by atoms with E-state index in [1.165, 1.54) is 11.3 Å². The van der Waals surface area contributed by atoms with Crippen LogP contribution in [0.25, 0.3) is 10.6 Å². The molecule has 3 nitrogen and oxygen atoms in total. The van der Waals surface area contributed by atoms with Gasteiger partial charge < -0.3 is 5.11 Å². The van der Waals surface area contributed by atoms with Gasteiger partial charge in [0.05, 0.1) is 12.1 Å². The number of aromatic nitrogens is 1. The molecule has 0 aliphatic rings. The predicted molar refractivity (Wildman–Crippen MR) is 71.3 cm³/mol. The van der Waals surface area contributed by atoms with E-state index < -0.39 is 5.97 Å². The molecule has 0 aliphatic heterocycles. The highest BCUT2D eigenvalue weighted by atomic mass is 79.9. The summed E-state index contributed by atoms with van der Waals surface area (Å²) in [6.07, 6.45) is 0.0417. The van der Waals surface area contributed by atoms with E-state index in [0.717, 1.165) is 25.6 Å². The monoisotopic (exact) mass is 311 g/mol.